The van der Waals surface area contributed by atoms with Crippen LogP contribution in [0.3, 0.4) is 0 Å². The molecule has 2 nitrogen and oxygen atoms in total. The van der Waals surface area contributed by atoms with Gasteiger partial charge in [-0.05, 0) is 12.0 Å². The third kappa shape index (κ3) is 2.53. The van der Waals surface area contributed by atoms with E-state index in [1.807, 2.05) is 0 Å². The summed E-state index contributed by atoms with van der Waals surface area (Å²) in [6, 6.07) is 4.86. The van der Waals surface area contributed by atoms with Gasteiger partial charge in [0.1, 0.15) is 0 Å². The van der Waals surface area contributed by atoms with E-state index in [0.717, 1.165) is 12.8 Å². The van der Waals surface area contributed by atoms with Crippen LogP contribution in [0.5, 0.6) is 5.75 Å². The monoisotopic (exact) mass is 225 g/mol. The summed E-state index contributed by atoms with van der Waals surface area (Å²) in [6.07, 6.45) is 1.91. The average Bonchev–Trinajstić information content (AvgIpc) is 2.30. The smallest absolute Gasteiger partial charge is 0.169 e. The van der Waals surface area contributed by atoms with Crippen LogP contribution < -0.4 is 10.5 Å². The van der Waals surface area contributed by atoms with Gasteiger partial charge in [0.15, 0.2) is 11.6 Å². The molecule has 0 saturated carbocycles. The molecule has 2 N–H and O–H groups in total. The normalized spacial score (nSPS) is 12.9. The molecular weight excluding hydrogens is 205 g/mol. The molecule has 0 aliphatic rings. The molecule has 0 aromatic heterocycles. The van der Waals surface area contributed by atoms with Crippen LogP contribution in [0.1, 0.15) is 38.3 Å². The summed E-state index contributed by atoms with van der Waals surface area (Å²) < 4.78 is 18.9. The van der Waals surface area contributed by atoms with Gasteiger partial charge in [-0.25, -0.2) is 4.39 Å². The van der Waals surface area contributed by atoms with Gasteiger partial charge in [-0.1, -0.05) is 38.8 Å². The second-order valence-electron chi connectivity index (χ2n) is 3.97. The number of methoxy groups -OCH3 is 1. The molecule has 16 heavy (non-hydrogen) atoms. The van der Waals surface area contributed by atoms with Crippen molar-refractivity contribution in [2.24, 2.45) is 11.7 Å². The standard InChI is InChI=1S/C13H20FNO/c1-4-9(5-2)13(15)10-7-6-8-11(16-3)12(10)14/h6-9,13H,4-5,15H2,1-3H3. The van der Waals surface area contributed by atoms with Gasteiger partial charge in [0.2, 0.25) is 0 Å². The van der Waals surface area contributed by atoms with Crippen molar-refractivity contribution in [1.82, 2.24) is 0 Å². The van der Waals surface area contributed by atoms with Gasteiger partial charge in [0, 0.05) is 11.6 Å². The highest BCUT2D eigenvalue weighted by Crippen LogP contribution is 2.30. The molecule has 1 aromatic carbocycles. The Kier molecular flexibility index (Phi) is 4.74. The summed E-state index contributed by atoms with van der Waals surface area (Å²) in [5.74, 6) is 0.241. The molecule has 0 aliphatic heterocycles. The first-order valence-electron chi connectivity index (χ1n) is 5.73. The Morgan fingerprint density at radius 2 is 1.94 bits per heavy atom. The summed E-state index contributed by atoms with van der Waals surface area (Å²) >= 11 is 0. The molecule has 1 atom stereocenters. The summed E-state index contributed by atoms with van der Waals surface area (Å²) in [6.45, 7) is 4.15. The van der Waals surface area contributed by atoms with Crippen molar-refractivity contribution in [1.29, 1.82) is 0 Å². The molecular formula is C13H20FNO. The Labute approximate surface area is 96.6 Å². The summed E-state index contributed by atoms with van der Waals surface area (Å²) in [7, 11) is 1.46. The van der Waals surface area contributed by atoms with Crippen LogP contribution in [0.25, 0.3) is 0 Å². The van der Waals surface area contributed by atoms with Gasteiger partial charge in [0.05, 0.1) is 7.11 Å². The van der Waals surface area contributed by atoms with E-state index in [-0.39, 0.29) is 17.6 Å². The third-order valence-electron chi connectivity index (χ3n) is 3.13. The minimum atomic E-state index is -0.329. The Balaban J connectivity index is 3.03. The van der Waals surface area contributed by atoms with E-state index < -0.39 is 0 Å². The number of ether oxygens (including phenoxy) is 1. The molecule has 90 valence electrons. The van der Waals surface area contributed by atoms with Crippen molar-refractivity contribution >= 4 is 0 Å². The second-order valence-corrected chi connectivity index (χ2v) is 3.97. The number of rotatable bonds is 5. The topological polar surface area (TPSA) is 35.2 Å². The second kappa shape index (κ2) is 5.85. The van der Waals surface area contributed by atoms with E-state index in [1.165, 1.54) is 7.11 Å². The van der Waals surface area contributed by atoms with E-state index >= 15 is 0 Å². The van der Waals surface area contributed by atoms with Crippen molar-refractivity contribution in [2.75, 3.05) is 7.11 Å². The van der Waals surface area contributed by atoms with Gasteiger partial charge < -0.3 is 10.5 Å². The first kappa shape index (κ1) is 13.0. The van der Waals surface area contributed by atoms with Crippen LogP contribution in [-0.2, 0) is 0 Å². The maximum Gasteiger partial charge on any atom is 0.169 e. The molecule has 1 aromatic rings. The van der Waals surface area contributed by atoms with E-state index in [4.69, 9.17) is 10.5 Å². The van der Waals surface area contributed by atoms with Crippen LogP contribution >= 0.6 is 0 Å². The van der Waals surface area contributed by atoms with Crippen LogP contribution in [0, 0.1) is 11.7 Å². The summed E-state index contributed by atoms with van der Waals surface area (Å²) in [5, 5.41) is 0. The minimum absolute atomic E-state index is 0.259. The predicted octanol–water partition coefficient (Wildman–Crippen LogP) is 3.27. The SMILES string of the molecule is CCC(CC)C(N)c1cccc(OC)c1F. The van der Waals surface area contributed by atoms with E-state index in [0.29, 0.717) is 11.5 Å². The highest BCUT2D eigenvalue weighted by atomic mass is 19.1. The van der Waals surface area contributed by atoms with Crippen molar-refractivity contribution < 1.29 is 9.13 Å². The van der Waals surface area contributed by atoms with Gasteiger partial charge in [-0.3, -0.25) is 0 Å². The number of halogens is 1. The Morgan fingerprint density at radius 1 is 1.31 bits per heavy atom. The van der Waals surface area contributed by atoms with Crippen LogP contribution in [-0.4, -0.2) is 7.11 Å². The Morgan fingerprint density at radius 3 is 2.44 bits per heavy atom. The van der Waals surface area contributed by atoms with Crippen molar-refractivity contribution in [2.45, 2.75) is 32.7 Å². The van der Waals surface area contributed by atoms with Crippen LogP contribution in [0.4, 0.5) is 4.39 Å². The lowest BCUT2D eigenvalue weighted by Crippen LogP contribution is -2.21. The van der Waals surface area contributed by atoms with E-state index in [9.17, 15) is 4.39 Å². The minimum Gasteiger partial charge on any atom is -0.494 e. The zero-order chi connectivity index (χ0) is 12.1. The molecule has 0 fully saturated rings. The average molecular weight is 225 g/mol. The van der Waals surface area contributed by atoms with Gasteiger partial charge in [-0.15, -0.1) is 0 Å². The lowest BCUT2D eigenvalue weighted by Gasteiger charge is -2.22. The van der Waals surface area contributed by atoms with E-state index in [1.54, 1.807) is 18.2 Å². The molecule has 0 spiro atoms. The lowest BCUT2D eigenvalue weighted by molar-refractivity contribution is 0.364. The first-order chi connectivity index (χ1) is 7.65. The maximum absolute atomic E-state index is 14.0. The zero-order valence-electron chi connectivity index (χ0n) is 10.2. The van der Waals surface area contributed by atoms with Crippen molar-refractivity contribution in [3.63, 3.8) is 0 Å². The number of hydrogen-bond acceptors (Lipinski definition) is 2. The van der Waals surface area contributed by atoms with Gasteiger partial charge in [0.25, 0.3) is 0 Å². The lowest BCUT2D eigenvalue weighted by atomic mass is 9.89. The molecule has 1 rings (SSSR count). The maximum atomic E-state index is 14.0. The van der Waals surface area contributed by atoms with Crippen LogP contribution in [0.15, 0.2) is 18.2 Å². The quantitative estimate of drug-likeness (QED) is 0.834. The fourth-order valence-corrected chi connectivity index (χ4v) is 1.99. The molecule has 1 unspecified atom stereocenters. The van der Waals surface area contributed by atoms with Crippen molar-refractivity contribution in [3.8, 4) is 5.75 Å². The number of nitrogens with two attached hydrogens (primary N) is 1. The molecule has 3 heteroatoms. The largest absolute Gasteiger partial charge is 0.494 e. The predicted molar refractivity (Wildman–Crippen MR) is 64.0 cm³/mol. The fourth-order valence-electron chi connectivity index (χ4n) is 1.99. The first-order valence-corrected chi connectivity index (χ1v) is 5.73. The Bertz CT molecular complexity index is 337. The number of hydrogen-bond donors (Lipinski definition) is 1. The highest BCUT2D eigenvalue weighted by molar-refractivity contribution is 5.33. The van der Waals surface area contributed by atoms with Crippen LogP contribution in [0.2, 0.25) is 0 Å². The molecule has 0 saturated heterocycles. The van der Waals surface area contributed by atoms with E-state index in [2.05, 4.69) is 13.8 Å². The highest BCUT2D eigenvalue weighted by Gasteiger charge is 2.20. The zero-order valence-corrected chi connectivity index (χ0v) is 10.2. The molecule has 0 radical (unpaired) electrons. The van der Waals surface area contributed by atoms with Crippen molar-refractivity contribution in [3.05, 3.63) is 29.6 Å². The third-order valence-corrected chi connectivity index (χ3v) is 3.13. The number of benzene rings is 1. The molecule has 0 bridgehead atoms. The summed E-state index contributed by atoms with van der Waals surface area (Å²) in [4.78, 5) is 0. The molecule has 0 heterocycles. The molecule has 0 aliphatic carbocycles. The summed E-state index contributed by atoms with van der Waals surface area (Å²) in [5.41, 5.74) is 6.64. The molecule has 0 amide bonds. The Hall–Kier alpha value is -1.09. The van der Waals surface area contributed by atoms with Gasteiger partial charge >= 0.3 is 0 Å². The fraction of sp³-hybridized carbons (Fsp3) is 0.538. The van der Waals surface area contributed by atoms with Gasteiger partial charge in [-0.2, -0.15) is 0 Å².